The van der Waals surface area contributed by atoms with E-state index < -0.39 is 0 Å². The van der Waals surface area contributed by atoms with Crippen LogP contribution in [0.5, 0.6) is 0 Å². The van der Waals surface area contributed by atoms with Crippen molar-refractivity contribution in [3.8, 4) is 0 Å². The lowest BCUT2D eigenvalue weighted by Gasteiger charge is -2.27. The van der Waals surface area contributed by atoms with Crippen LogP contribution in [-0.2, 0) is 22.6 Å². The highest BCUT2D eigenvalue weighted by Crippen LogP contribution is 2.24. The molecule has 2 amide bonds. The van der Waals surface area contributed by atoms with Crippen LogP contribution in [0.15, 0.2) is 40.8 Å². The molecule has 1 aliphatic rings. The second kappa shape index (κ2) is 7.32. The SMILES string of the molecule is O=C(CCC(=O)N1CCc2sccc2C1)Nc1ccc2nc[nH]c(=O)c2c1. The van der Waals surface area contributed by atoms with Gasteiger partial charge in [-0.05, 0) is 41.6 Å². The second-order valence-corrected chi connectivity index (χ2v) is 7.45. The third kappa shape index (κ3) is 3.75. The van der Waals surface area contributed by atoms with Crippen molar-refractivity contribution in [2.45, 2.75) is 25.8 Å². The summed E-state index contributed by atoms with van der Waals surface area (Å²) in [6.45, 7) is 1.33. The number of amides is 2. The molecule has 0 bridgehead atoms. The third-order valence-electron chi connectivity index (χ3n) is 4.65. The van der Waals surface area contributed by atoms with Gasteiger partial charge in [-0.25, -0.2) is 4.98 Å². The van der Waals surface area contributed by atoms with Crippen molar-refractivity contribution in [2.24, 2.45) is 0 Å². The molecule has 0 aliphatic carbocycles. The number of nitrogens with zero attached hydrogens (tertiary/aromatic N) is 2. The number of rotatable bonds is 4. The Morgan fingerprint density at radius 2 is 2.15 bits per heavy atom. The zero-order chi connectivity index (χ0) is 18.8. The first-order valence-electron chi connectivity index (χ1n) is 8.70. The van der Waals surface area contributed by atoms with Crippen LogP contribution < -0.4 is 10.9 Å². The molecule has 0 unspecified atom stereocenters. The highest BCUT2D eigenvalue weighted by atomic mass is 32.1. The Labute approximate surface area is 159 Å². The number of aromatic amines is 1. The summed E-state index contributed by atoms with van der Waals surface area (Å²) in [5.74, 6) is -0.266. The molecule has 138 valence electrons. The smallest absolute Gasteiger partial charge is 0.258 e. The van der Waals surface area contributed by atoms with Crippen molar-refractivity contribution in [1.82, 2.24) is 14.9 Å². The van der Waals surface area contributed by atoms with Crippen molar-refractivity contribution >= 4 is 39.7 Å². The van der Waals surface area contributed by atoms with E-state index in [1.165, 1.54) is 16.8 Å². The van der Waals surface area contributed by atoms with Gasteiger partial charge in [0.05, 0.1) is 17.2 Å². The number of nitrogens with one attached hydrogen (secondary N) is 2. The van der Waals surface area contributed by atoms with Gasteiger partial charge in [0.1, 0.15) is 0 Å². The van der Waals surface area contributed by atoms with Crippen LogP contribution in [0.1, 0.15) is 23.3 Å². The Balaban J connectivity index is 1.34. The van der Waals surface area contributed by atoms with Crippen molar-refractivity contribution < 1.29 is 9.59 Å². The topological polar surface area (TPSA) is 95.2 Å². The van der Waals surface area contributed by atoms with E-state index in [1.807, 2.05) is 4.90 Å². The van der Waals surface area contributed by atoms with Crippen LogP contribution in [0, 0.1) is 0 Å². The molecule has 3 heterocycles. The number of H-pyrrole nitrogens is 1. The van der Waals surface area contributed by atoms with E-state index in [1.54, 1.807) is 29.5 Å². The minimum atomic E-state index is -0.260. The molecule has 0 atom stereocenters. The van der Waals surface area contributed by atoms with Gasteiger partial charge in [0.25, 0.3) is 5.56 Å². The molecule has 0 saturated heterocycles. The van der Waals surface area contributed by atoms with E-state index in [0.717, 1.165) is 6.42 Å². The van der Waals surface area contributed by atoms with Crippen LogP contribution in [0.3, 0.4) is 0 Å². The number of fused-ring (bicyclic) bond motifs is 2. The number of aromatic nitrogens is 2. The Morgan fingerprint density at radius 3 is 3.04 bits per heavy atom. The molecule has 4 rings (SSSR count). The molecule has 1 aromatic carbocycles. The van der Waals surface area contributed by atoms with Gasteiger partial charge in [0.2, 0.25) is 11.8 Å². The number of carbonyl (C=O) groups excluding carboxylic acids is 2. The molecule has 0 saturated carbocycles. The average Bonchev–Trinajstić information content (AvgIpc) is 3.14. The Morgan fingerprint density at radius 1 is 1.26 bits per heavy atom. The van der Waals surface area contributed by atoms with Crippen LogP contribution in [0.25, 0.3) is 10.9 Å². The van der Waals surface area contributed by atoms with E-state index in [0.29, 0.717) is 29.7 Å². The molecule has 0 spiro atoms. The largest absolute Gasteiger partial charge is 0.338 e. The number of thiophene rings is 1. The fourth-order valence-corrected chi connectivity index (χ4v) is 4.10. The third-order valence-corrected chi connectivity index (χ3v) is 5.67. The molecular weight excluding hydrogens is 364 g/mol. The van der Waals surface area contributed by atoms with Crippen LogP contribution in [-0.4, -0.2) is 33.2 Å². The number of benzene rings is 1. The molecule has 3 aromatic rings. The molecule has 2 N–H and O–H groups in total. The molecular formula is C19H18N4O3S. The molecule has 8 heteroatoms. The lowest BCUT2D eigenvalue weighted by Crippen LogP contribution is -2.35. The van der Waals surface area contributed by atoms with Gasteiger partial charge in [0, 0.05) is 36.5 Å². The maximum Gasteiger partial charge on any atom is 0.258 e. The molecule has 7 nitrogen and oxygen atoms in total. The monoisotopic (exact) mass is 382 g/mol. The summed E-state index contributed by atoms with van der Waals surface area (Å²) < 4.78 is 0. The van der Waals surface area contributed by atoms with Crippen LogP contribution >= 0.6 is 11.3 Å². The van der Waals surface area contributed by atoms with Gasteiger partial charge < -0.3 is 15.2 Å². The zero-order valence-electron chi connectivity index (χ0n) is 14.5. The quantitative estimate of drug-likeness (QED) is 0.724. The van der Waals surface area contributed by atoms with Gasteiger partial charge in [-0.2, -0.15) is 0 Å². The van der Waals surface area contributed by atoms with E-state index >= 15 is 0 Å². The molecule has 0 radical (unpaired) electrons. The number of hydrogen-bond acceptors (Lipinski definition) is 5. The van der Waals surface area contributed by atoms with Gasteiger partial charge >= 0.3 is 0 Å². The van der Waals surface area contributed by atoms with Gasteiger partial charge in [-0.15, -0.1) is 11.3 Å². The highest BCUT2D eigenvalue weighted by molar-refractivity contribution is 7.10. The van der Waals surface area contributed by atoms with Crippen molar-refractivity contribution in [3.05, 3.63) is 56.8 Å². The maximum atomic E-state index is 12.4. The summed E-state index contributed by atoms with van der Waals surface area (Å²) >= 11 is 1.73. The predicted molar refractivity (Wildman–Crippen MR) is 104 cm³/mol. The summed E-state index contributed by atoms with van der Waals surface area (Å²) in [6.07, 6.45) is 2.49. The molecule has 27 heavy (non-hydrogen) atoms. The lowest BCUT2D eigenvalue weighted by molar-refractivity contribution is -0.133. The fourth-order valence-electron chi connectivity index (χ4n) is 3.21. The minimum Gasteiger partial charge on any atom is -0.338 e. The van der Waals surface area contributed by atoms with Gasteiger partial charge in [-0.3, -0.25) is 14.4 Å². The summed E-state index contributed by atoms with van der Waals surface area (Å²) in [4.78, 5) is 46.1. The molecule has 0 fully saturated rings. The van der Waals surface area contributed by atoms with E-state index in [9.17, 15) is 14.4 Å². The maximum absolute atomic E-state index is 12.4. The van der Waals surface area contributed by atoms with Gasteiger partial charge in [0.15, 0.2) is 0 Å². The second-order valence-electron chi connectivity index (χ2n) is 6.45. The zero-order valence-corrected chi connectivity index (χ0v) is 15.3. The first-order valence-corrected chi connectivity index (χ1v) is 9.58. The minimum absolute atomic E-state index is 0.0128. The average molecular weight is 382 g/mol. The van der Waals surface area contributed by atoms with E-state index in [2.05, 4.69) is 26.7 Å². The summed E-state index contributed by atoms with van der Waals surface area (Å²) in [5.41, 5.74) is 2.02. The summed E-state index contributed by atoms with van der Waals surface area (Å²) in [5, 5.41) is 5.20. The standard InChI is InChI=1S/C19H18N4O3S/c24-17(22-13-1-2-15-14(9-13)19(26)21-11-20-15)3-4-18(25)23-7-5-16-12(10-23)6-8-27-16/h1-2,6,8-9,11H,3-5,7,10H2,(H,22,24)(H,20,21,26). The number of anilines is 1. The predicted octanol–water partition coefficient (Wildman–Crippen LogP) is 2.29. The van der Waals surface area contributed by atoms with Crippen molar-refractivity contribution in [1.29, 1.82) is 0 Å². The summed E-state index contributed by atoms with van der Waals surface area (Å²) in [6, 6.07) is 7.01. The van der Waals surface area contributed by atoms with Crippen molar-refractivity contribution in [3.63, 3.8) is 0 Å². The first kappa shape index (κ1) is 17.4. The first-order chi connectivity index (χ1) is 13.1. The Bertz CT molecular complexity index is 1070. The van der Waals surface area contributed by atoms with Crippen molar-refractivity contribution in [2.75, 3.05) is 11.9 Å². The fraction of sp³-hybridized carbons (Fsp3) is 0.263. The van der Waals surface area contributed by atoms with E-state index in [-0.39, 0.29) is 30.2 Å². The normalized spacial score (nSPS) is 13.4. The number of hydrogen-bond donors (Lipinski definition) is 2. The lowest BCUT2D eigenvalue weighted by atomic mass is 10.1. The van der Waals surface area contributed by atoms with Crippen LogP contribution in [0.2, 0.25) is 0 Å². The van der Waals surface area contributed by atoms with Crippen LogP contribution in [0.4, 0.5) is 5.69 Å². The highest BCUT2D eigenvalue weighted by Gasteiger charge is 2.21. The number of carbonyl (C=O) groups is 2. The Kier molecular flexibility index (Phi) is 4.72. The summed E-state index contributed by atoms with van der Waals surface area (Å²) in [7, 11) is 0. The van der Waals surface area contributed by atoms with E-state index in [4.69, 9.17) is 0 Å². The molecule has 1 aliphatic heterocycles. The van der Waals surface area contributed by atoms with Gasteiger partial charge in [-0.1, -0.05) is 0 Å². The Hall–Kier alpha value is -3.00. The molecule has 2 aromatic heterocycles.